The van der Waals surface area contributed by atoms with Gasteiger partial charge in [-0.05, 0) is 29.8 Å². The molecule has 1 aliphatic heterocycles. The molecule has 4 aromatic rings. The quantitative estimate of drug-likeness (QED) is 0.324. The number of nitrogens with zero attached hydrogens (tertiary/aromatic N) is 4. The predicted molar refractivity (Wildman–Crippen MR) is 128 cm³/mol. The Morgan fingerprint density at radius 2 is 2.00 bits per heavy atom. The van der Waals surface area contributed by atoms with Gasteiger partial charge in [-0.3, -0.25) is 25.1 Å². The number of carbonyl (C=O) groups is 1. The molecule has 172 valence electrons. The Hall–Kier alpha value is -4.15. The van der Waals surface area contributed by atoms with Crippen molar-refractivity contribution in [2.24, 2.45) is 5.73 Å². The number of fused-ring (bicyclic) bond motifs is 2. The Morgan fingerprint density at radius 3 is 2.82 bits per heavy atom. The zero-order valence-corrected chi connectivity index (χ0v) is 18.4. The molecule has 1 aliphatic rings. The van der Waals surface area contributed by atoms with E-state index in [-0.39, 0.29) is 11.4 Å². The summed E-state index contributed by atoms with van der Waals surface area (Å²) in [5, 5.41) is 11.3. The summed E-state index contributed by atoms with van der Waals surface area (Å²) in [5.74, 6) is -0.121. The fourth-order valence-corrected chi connectivity index (χ4v) is 3.97. The first kappa shape index (κ1) is 21.7. The molecule has 3 heterocycles. The third-order valence-corrected chi connectivity index (χ3v) is 5.72. The Labute approximate surface area is 195 Å². The summed E-state index contributed by atoms with van der Waals surface area (Å²) in [6.07, 6.45) is 4.29. The lowest BCUT2D eigenvalue weighted by Crippen LogP contribution is -2.35. The minimum Gasteiger partial charge on any atom is -0.403 e. The molecule has 5 rings (SSSR count). The first-order valence-corrected chi connectivity index (χ1v) is 10.9. The second-order valence-electron chi connectivity index (χ2n) is 7.96. The number of para-hydroxylation sites is 1. The minimum atomic E-state index is -0.434. The van der Waals surface area contributed by atoms with Crippen LogP contribution in [0.1, 0.15) is 21.7 Å². The van der Waals surface area contributed by atoms with Crippen LogP contribution in [0, 0.1) is 5.41 Å². The van der Waals surface area contributed by atoms with E-state index >= 15 is 0 Å². The minimum absolute atomic E-state index is 0.0203. The van der Waals surface area contributed by atoms with Crippen LogP contribution in [-0.2, 0) is 11.3 Å². The number of H-pyrrole nitrogens is 1. The molecule has 1 fully saturated rings. The smallest absolute Gasteiger partial charge is 0.258 e. The molecule has 0 radical (unpaired) electrons. The zero-order chi connectivity index (χ0) is 23.5. The lowest BCUT2D eigenvalue weighted by Gasteiger charge is -2.26. The second kappa shape index (κ2) is 9.38. The maximum Gasteiger partial charge on any atom is 0.258 e. The fraction of sp³-hybridized carbons (Fsp3) is 0.208. The highest BCUT2D eigenvalue weighted by molar-refractivity contribution is 6.14. The summed E-state index contributed by atoms with van der Waals surface area (Å²) >= 11 is 0. The number of imidazole rings is 1. The molecule has 0 unspecified atom stereocenters. The molecule has 5 N–H and O–H groups in total. The lowest BCUT2D eigenvalue weighted by atomic mass is 10.1. The van der Waals surface area contributed by atoms with E-state index in [4.69, 9.17) is 15.9 Å². The average molecular weight is 457 g/mol. The molecule has 0 atom stereocenters. The van der Waals surface area contributed by atoms with Gasteiger partial charge in [0, 0.05) is 38.2 Å². The van der Waals surface area contributed by atoms with Crippen LogP contribution < -0.4 is 11.1 Å². The van der Waals surface area contributed by atoms with Crippen molar-refractivity contribution in [1.29, 1.82) is 5.41 Å². The third-order valence-electron chi connectivity index (χ3n) is 5.72. The monoisotopic (exact) mass is 456 g/mol. The molecule has 10 heteroatoms. The summed E-state index contributed by atoms with van der Waals surface area (Å²) in [7, 11) is 0. The normalized spacial score (nSPS) is 15.0. The molecule has 0 aliphatic carbocycles. The Kier molecular flexibility index (Phi) is 5.98. The lowest BCUT2D eigenvalue weighted by molar-refractivity contribution is 0.0342. The molecule has 2 aromatic heterocycles. The van der Waals surface area contributed by atoms with Crippen LogP contribution in [-0.4, -0.2) is 62.8 Å². The topological polar surface area (TPSA) is 146 Å². The van der Waals surface area contributed by atoms with Gasteiger partial charge in [-0.1, -0.05) is 12.1 Å². The maximum atomic E-state index is 13.0. The number of nitrogens with one attached hydrogen (secondary N) is 3. The van der Waals surface area contributed by atoms with E-state index in [0.29, 0.717) is 22.4 Å². The number of benzene rings is 2. The van der Waals surface area contributed by atoms with Crippen molar-refractivity contribution in [2.75, 3.05) is 26.3 Å². The summed E-state index contributed by atoms with van der Waals surface area (Å²) in [5.41, 5.74) is 10.00. The van der Waals surface area contributed by atoms with Crippen molar-refractivity contribution < 1.29 is 9.53 Å². The number of morpholine rings is 1. The van der Waals surface area contributed by atoms with Gasteiger partial charge in [-0.25, -0.2) is 4.98 Å². The highest BCUT2D eigenvalue weighted by atomic mass is 16.5. The largest absolute Gasteiger partial charge is 0.403 e. The van der Waals surface area contributed by atoms with Crippen molar-refractivity contribution >= 4 is 33.7 Å². The van der Waals surface area contributed by atoms with E-state index in [2.05, 4.69) is 30.2 Å². The fourth-order valence-electron chi connectivity index (χ4n) is 3.97. The van der Waals surface area contributed by atoms with Crippen molar-refractivity contribution in [3.05, 3.63) is 77.6 Å². The highest BCUT2D eigenvalue weighted by Crippen LogP contribution is 2.18. The van der Waals surface area contributed by atoms with Crippen molar-refractivity contribution in [3.63, 3.8) is 0 Å². The van der Waals surface area contributed by atoms with Gasteiger partial charge in [0.05, 0.1) is 41.0 Å². The van der Waals surface area contributed by atoms with Gasteiger partial charge < -0.3 is 20.8 Å². The summed E-state index contributed by atoms with van der Waals surface area (Å²) in [4.78, 5) is 31.5. The zero-order valence-electron chi connectivity index (χ0n) is 18.4. The molecule has 2 aromatic carbocycles. The van der Waals surface area contributed by atoms with Gasteiger partial charge in [-0.2, -0.15) is 0 Å². The first-order valence-electron chi connectivity index (χ1n) is 10.9. The number of carbonyl (C=O) groups excluding carboxylic acids is 1. The van der Waals surface area contributed by atoms with Crippen LogP contribution >= 0.6 is 0 Å². The first-order chi connectivity index (χ1) is 16.6. The van der Waals surface area contributed by atoms with Crippen molar-refractivity contribution in [2.45, 2.75) is 6.54 Å². The Bertz CT molecular complexity index is 1400. The molecule has 10 nitrogen and oxygen atoms in total. The van der Waals surface area contributed by atoms with Crippen LogP contribution in [0.25, 0.3) is 22.1 Å². The standard InChI is InChI=1S/C24H24N8O2/c25-13-20(31-24(33)16-2-1-3-18-22(16)28-7-6-27-18)21(26)23-29-17-5-4-15(12-19(17)30-23)14-32-8-10-34-11-9-32/h1-7,12-13,26H,8-11,14,25H2,(H,29,30)(H,31,33)/b20-13+,26-21?. The predicted octanol–water partition coefficient (Wildman–Crippen LogP) is 1.94. The highest BCUT2D eigenvalue weighted by Gasteiger charge is 2.18. The maximum absolute atomic E-state index is 13.0. The summed E-state index contributed by atoms with van der Waals surface area (Å²) in [6, 6.07) is 11.2. The van der Waals surface area contributed by atoms with Crippen LogP contribution in [0.4, 0.5) is 0 Å². The van der Waals surface area contributed by atoms with Gasteiger partial charge in [-0.15, -0.1) is 0 Å². The van der Waals surface area contributed by atoms with E-state index in [1.54, 1.807) is 24.4 Å². The number of allylic oxidation sites excluding steroid dienone is 1. The van der Waals surface area contributed by atoms with E-state index in [1.807, 2.05) is 18.2 Å². The van der Waals surface area contributed by atoms with Gasteiger partial charge in [0.1, 0.15) is 11.2 Å². The van der Waals surface area contributed by atoms with Crippen LogP contribution in [0.15, 0.2) is 60.7 Å². The van der Waals surface area contributed by atoms with Gasteiger partial charge >= 0.3 is 0 Å². The van der Waals surface area contributed by atoms with E-state index in [1.165, 1.54) is 12.4 Å². The van der Waals surface area contributed by atoms with Crippen LogP contribution in [0.2, 0.25) is 0 Å². The van der Waals surface area contributed by atoms with Crippen LogP contribution in [0.3, 0.4) is 0 Å². The van der Waals surface area contributed by atoms with E-state index in [9.17, 15) is 4.79 Å². The number of amides is 1. The molecule has 0 saturated carbocycles. The van der Waals surface area contributed by atoms with Gasteiger partial charge in [0.25, 0.3) is 5.91 Å². The average Bonchev–Trinajstić information content (AvgIpc) is 3.30. The van der Waals surface area contributed by atoms with Gasteiger partial charge in [0.15, 0.2) is 5.82 Å². The molecule has 1 amide bonds. The molecule has 0 bridgehead atoms. The number of hydrogen-bond donors (Lipinski definition) is 4. The number of hydrogen-bond acceptors (Lipinski definition) is 8. The second-order valence-corrected chi connectivity index (χ2v) is 7.96. The number of aromatic amines is 1. The van der Waals surface area contributed by atoms with Gasteiger partial charge in [0.2, 0.25) is 0 Å². The number of aromatic nitrogens is 4. The number of nitrogens with two attached hydrogens (primary N) is 1. The third kappa shape index (κ3) is 4.36. The number of ether oxygens (including phenoxy) is 1. The molecule has 0 spiro atoms. The van der Waals surface area contributed by atoms with E-state index < -0.39 is 5.91 Å². The Balaban J connectivity index is 1.34. The molecule has 34 heavy (non-hydrogen) atoms. The Morgan fingerprint density at radius 1 is 1.18 bits per heavy atom. The molecular weight excluding hydrogens is 432 g/mol. The van der Waals surface area contributed by atoms with Crippen molar-refractivity contribution in [1.82, 2.24) is 30.2 Å². The van der Waals surface area contributed by atoms with E-state index in [0.717, 1.165) is 49.4 Å². The summed E-state index contributed by atoms with van der Waals surface area (Å²) in [6.45, 7) is 4.12. The summed E-state index contributed by atoms with van der Waals surface area (Å²) < 4.78 is 5.41. The molecular formula is C24H24N8O2. The number of rotatable bonds is 6. The van der Waals surface area contributed by atoms with Crippen molar-refractivity contribution in [3.8, 4) is 0 Å². The van der Waals surface area contributed by atoms with Crippen LogP contribution in [0.5, 0.6) is 0 Å². The molecule has 1 saturated heterocycles. The SMILES string of the molecule is N=C(/C(=C\N)NC(=O)c1cccc2nccnc12)c1nc2cc(CN3CCOCC3)ccc2[nH]1.